The molecular formula is C14H18N4. The molecule has 0 spiro atoms. The van der Waals surface area contributed by atoms with Crippen LogP contribution in [0.25, 0.3) is 0 Å². The van der Waals surface area contributed by atoms with Gasteiger partial charge in [0.2, 0.25) is 0 Å². The number of anilines is 2. The van der Waals surface area contributed by atoms with Crippen LogP contribution in [0, 0.1) is 6.92 Å². The van der Waals surface area contributed by atoms with Crippen molar-refractivity contribution in [1.29, 1.82) is 0 Å². The van der Waals surface area contributed by atoms with Crippen molar-refractivity contribution in [3.63, 3.8) is 0 Å². The van der Waals surface area contributed by atoms with Crippen molar-refractivity contribution in [1.82, 2.24) is 9.97 Å². The highest BCUT2D eigenvalue weighted by Gasteiger charge is 1.99. The minimum absolute atomic E-state index is 0.783. The molecule has 94 valence electrons. The van der Waals surface area contributed by atoms with Crippen molar-refractivity contribution in [2.45, 2.75) is 20.4 Å². The fraction of sp³-hybridized carbons (Fsp3) is 0.286. The van der Waals surface area contributed by atoms with E-state index >= 15 is 0 Å². The molecule has 4 heteroatoms. The van der Waals surface area contributed by atoms with E-state index in [1.807, 2.05) is 30.9 Å². The lowest BCUT2D eigenvalue weighted by Crippen LogP contribution is -2.03. The summed E-state index contributed by atoms with van der Waals surface area (Å²) in [5.74, 6) is 0. The summed E-state index contributed by atoms with van der Waals surface area (Å²) < 4.78 is 0. The van der Waals surface area contributed by atoms with Crippen molar-refractivity contribution in [3.05, 3.63) is 48.0 Å². The molecule has 0 radical (unpaired) electrons. The molecular weight excluding hydrogens is 224 g/mol. The van der Waals surface area contributed by atoms with Crippen LogP contribution < -0.4 is 10.6 Å². The molecule has 0 aliphatic rings. The Morgan fingerprint density at radius 2 is 1.83 bits per heavy atom. The normalized spacial score (nSPS) is 10.1. The molecule has 0 saturated heterocycles. The molecule has 4 nitrogen and oxygen atoms in total. The van der Waals surface area contributed by atoms with E-state index in [0.717, 1.165) is 24.5 Å². The Bertz CT molecular complexity index is 511. The van der Waals surface area contributed by atoms with Crippen molar-refractivity contribution in [2.75, 3.05) is 17.2 Å². The van der Waals surface area contributed by atoms with Gasteiger partial charge < -0.3 is 10.6 Å². The largest absolute Gasteiger partial charge is 0.384 e. The van der Waals surface area contributed by atoms with E-state index in [2.05, 4.69) is 40.5 Å². The van der Waals surface area contributed by atoms with Crippen LogP contribution in [0.2, 0.25) is 0 Å². The average Bonchev–Trinajstić information content (AvgIpc) is 2.39. The van der Waals surface area contributed by atoms with E-state index in [4.69, 9.17) is 0 Å². The van der Waals surface area contributed by atoms with E-state index in [-0.39, 0.29) is 0 Å². The smallest absolute Gasteiger partial charge is 0.0550 e. The Morgan fingerprint density at radius 1 is 1.06 bits per heavy atom. The van der Waals surface area contributed by atoms with E-state index in [9.17, 15) is 0 Å². The first kappa shape index (κ1) is 12.4. The quantitative estimate of drug-likeness (QED) is 0.846. The first-order valence-corrected chi connectivity index (χ1v) is 6.12. The Hall–Kier alpha value is -2.10. The maximum absolute atomic E-state index is 4.20. The topological polar surface area (TPSA) is 49.8 Å². The third-order valence-electron chi connectivity index (χ3n) is 2.74. The van der Waals surface area contributed by atoms with Crippen LogP contribution in [-0.4, -0.2) is 16.5 Å². The van der Waals surface area contributed by atoms with Gasteiger partial charge in [0.1, 0.15) is 0 Å². The van der Waals surface area contributed by atoms with Crippen LogP contribution in [0.3, 0.4) is 0 Å². The van der Waals surface area contributed by atoms with E-state index in [1.165, 1.54) is 11.1 Å². The molecule has 2 aromatic rings. The van der Waals surface area contributed by atoms with Crippen LogP contribution in [-0.2, 0) is 6.54 Å². The second-order valence-corrected chi connectivity index (χ2v) is 4.15. The number of hydrogen-bond acceptors (Lipinski definition) is 4. The van der Waals surface area contributed by atoms with Gasteiger partial charge in [0.15, 0.2) is 0 Å². The Kier molecular flexibility index (Phi) is 4.12. The van der Waals surface area contributed by atoms with Gasteiger partial charge in [-0.05, 0) is 37.1 Å². The fourth-order valence-corrected chi connectivity index (χ4v) is 1.74. The van der Waals surface area contributed by atoms with Crippen LogP contribution in [0.4, 0.5) is 11.4 Å². The van der Waals surface area contributed by atoms with E-state index in [1.54, 1.807) is 0 Å². The molecule has 0 fully saturated rings. The monoisotopic (exact) mass is 242 g/mol. The number of pyridine rings is 2. The number of rotatable bonds is 5. The zero-order valence-electron chi connectivity index (χ0n) is 10.8. The average molecular weight is 242 g/mol. The molecule has 0 unspecified atom stereocenters. The van der Waals surface area contributed by atoms with Crippen molar-refractivity contribution in [2.24, 2.45) is 0 Å². The van der Waals surface area contributed by atoms with Crippen LogP contribution >= 0.6 is 0 Å². The molecule has 0 aliphatic heterocycles. The zero-order valence-corrected chi connectivity index (χ0v) is 10.8. The predicted octanol–water partition coefficient (Wildman–Crippen LogP) is 2.83. The summed E-state index contributed by atoms with van der Waals surface area (Å²) >= 11 is 0. The van der Waals surface area contributed by atoms with Gasteiger partial charge in [-0.2, -0.15) is 0 Å². The molecule has 0 amide bonds. The van der Waals surface area contributed by atoms with Gasteiger partial charge in [0.05, 0.1) is 23.8 Å². The van der Waals surface area contributed by atoms with Crippen molar-refractivity contribution >= 4 is 11.4 Å². The number of hydrogen-bond donors (Lipinski definition) is 2. The Morgan fingerprint density at radius 3 is 2.56 bits per heavy atom. The summed E-state index contributed by atoms with van der Waals surface area (Å²) in [5, 5.41) is 6.62. The Labute approximate surface area is 107 Å². The molecule has 18 heavy (non-hydrogen) atoms. The maximum atomic E-state index is 4.20. The number of aryl methyl sites for hydroxylation is 1. The summed E-state index contributed by atoms with van der Waals surface area (Å²) in [4.78, 5) is 8.29. The third-order valence-corrected chi connectivity index (χ3v) is 2.74. The minimum Gasteiger partial charge on any atom is -0.384 e. The zero-order chi connectivity index (χ0) is 12.8. The van der Waals surface area contributed by atoms with Crippen LogP contribution in [0.15, 0.2) is 36.9 Å². The lowest BCUT2D eigenvalue weighted by atomic mass is 10.1. The van der Waals surface area contributed by atoms with Gasteiger partial charge in [-0.3, -0.25) is 9.97 Å². The van der Waals surface area contributed by atoms with Gasteiger partial charge in [-0.15, -0.1) is 0 Å². The third kappa shape index (κ3) is 3.20. The molecule has 0 atom stereocenters. The molecule has 0 aliphatic carbocycles. The number of nitrogens with one attached hydrogen (secondary N) is 2. The highest BCUT2D eigenvalue weighted by atomic mass is 14.9. The SMILES string of the molecule is CCNc1cncc(NCc2ccncc2C)c1. The van der Waals surface area contributed by atoms with Crippen molar-refractivity contribution in [3.8, 4) is 0 Å². The minimum atomic E-state index is 0.783. The van der Waals surface area contributed by atoms with Gasteiger partial charge in [0.25, 0.3) is 0 Å². The number of aromatic nitrogens is 2. The van der Waals surface area contributed by atoms with E-state index < -0.39 is 0 Å². The molecule has 0 bridgehead atoms. The van der Waals surface area contributed by atoms with Crippen molar-refractivity contribution < 1.29 is 0 Å². The molecule has 2 heterocycles. The molecule has 2 N–H and O–H groups in total. The maximum Gasteiger partial charge on any atom is 0.0550 e. The highest BCUT2D eigenvalue weighted by molar-refractivity contribution is 5.54. The molecule has 0 saturated carbocycles. The lowest BCUT2D eigenvalue weighted by Gasteiger charge is -2.10. The van der Waals surface area contributed by atoms with Gasteiger partial charge in [0, 0.05) is 25.5 Å². The summed E-state index contributed by atoms with van der Waals surface area (Å²) in [5.41, 5.74) is 4.50. The second kappa shape index (κ2) is 6.00. The fourth-order valence-electron chi connectivity index (χ4n) is 1.74. The molecule has 2 rings (SSSR count). The number of nitrogens with zero attached hydrogens (tertiary/aromatic N) is 2. The lowest BCUT2D eigenvalue weighted by molar-refractivity contribution is 1.08. The van der Waals surface area contributed by atoms with Gasteiger partial charge in [-0.1, -0.05) is 0 Å². The van der Waals surface area contributed by atoms with E-state index in [0.29, 0.717) is 0 Å². The van der Waals surface area contributed by atoms with Gasteiger partial charge >= 0.3 is 0 Å². The predicted molar refractivity (Wildman–Crippen MR) is 74.7 cm³/mol. The van der Waals surface area contributed by atoms with Crippen LogP contribution in [0.5, 0.6) is 0 Å². The Balaban J connectivity index is 2.02. The van der Waals surface area contributed by atoms with Crippen LogP contribution in [0.1, 0.15) is 18.1 Å². The molecule has 0 aromatic carbocycles. The summed E-state index contributed by atoms with van der Waals surface area (Å²) in [6.07, 6.45) is 7.35. The van der Waals surface area contributed by atoms with Gasteiger partial charge in [-0.25, -0.2) is 0 Å². The first-order chi connectivity index (χ1) is 8.79. The summed E-state index contributed by atoms with van der Waals surface area (Å²) in [6, 6.07) is 4.09. The summed E-state index contributed by atoms with van der Waals surface area (Å²) in [7, 11) is 0. The highest BCUT2D eigenvalue weighted by Crippen LogP contribution is 2.14. The summed E-state index contributed by atoms with van der Waals surface area (Å²) in [6.45, 7) is 5.82. The second-order valence-electron chi connectivity index (χ2n) is 4.15. The first-order valence-electron chi connectivity index (χ1n) is 6.12. The standard InChI is InChI=1S/C14H18N4/c1-3-17-13-6-14(10-16-9-13)18-8-12-4-5-15-7-11(12)2/h4-7,9-10,17-18H,3,8H2,1-2H3. The molecule has 2 aromatic heterocycles.